The summed E-state index contributed by atoms with van der Waals surface area (Å²) < 4.78 is 0. The largest absolute Gasteiger partial charge is 0.323 e. The highest BCUT2D eigenvalue weighted by atomic mass is 16.2. The standard InChI is InChI=1S/C16H15N3O2/c20-15(18-13-5-3-9-17-10-13)11-19-14-6-2-1-4-12(14)7-8-16(19)21/h1-6,9-10H,7-8,11H2,(H,18,20). The van der Waals surface area contributed by atoms with Crippen LogP contribution < -0.4 is 10.2 Å². The van der Waals surface area contributed by atoms with E-state index in [1.54, 1.807) is 29.4 Å². The summed E-state index contributed by atoms with van der Waals surface area (Å²) >= 11 is 0. The van der Waals surface area contributed by atoms with Gasteiger partial charge in [-0.15, -0.1) is 0 Å². The van der Waals surface area contributed by atoms with Gasteiger partial charge in [-0.25, -0.2) is 0 Å². The minimum absolute atomic E-state index is 0.0185. The molecule has 0 spiro atoms. The second-order valence-electron chi connectivity index (χ2n) is 4.90. The van der Waals surface area contributed by atoms with Gasteiger partial charge in [0, 0.05) is 18.3 Å². The lowest BCUT2D eigenvalue weighted by Crippen LogP contribution is -2.40. The molecule has 0 saturated heterocycles. The normalized spacial score (nSPS) is 13.7. The van der Waals surface area contributed by atoms with Crippen LogP contribution in [0.4, 0.5) is 11.4 Å². The third-order valence-electron chi connectivity index (χ3n) is 3.44. The van der Waals surface area contributed by atoms with Gasteiger partial charge in [0.05, 0.1) is 11.9 Å². The molecule has 2 amide bonds. The van der Waals surface area contributed by atoms with E-state index in [0.29, 0.717) is 12.1 Å². The van der Waals surface area contributed by atoms with Crippen molar-refractivity contribution >= 4 is 23.2 Å². The fourth-order valence-electron chi connectivity index (χ4n) is 2.45. The Labute approximate surface area is 122 Å². The minimum atomic E-state index is -0.229. The van der Waals surface area contributed by atoms with Crippen LogP contribution in [0.1, 0.15) is 12.0 Å². The summed E-state index contributed by atoms with van der Waals surface area (Å²) in [6.45, 7) is 0.0186. The van der Waals surface area contributed by atoms with Gasteiger partial charge in [0.25, 0.3) is 0 Å². The number of carbonyl (C=O) groups excluding carboxylic acids is 2. The summed E-state index contributed by atoms with van der Waals surface area (Å²) in [5.41, 5.74) is 2.56. The fourth-order valence-corrected chi connectivity index (χ4v) is 2.45. The number of amides is 2. The van der Waals surface area contributed by atoms with Gasteiger partial charge >= 0.3 is 0 Å². The number of aromatic nitrogens is 1. The number of carbonyl (C=O) groups is 2. The molecular formula is C16H15N3O2. The number of anilines is 2. The summed E-state index contributed by atoms with van der Waals surface area (Å²) in [4.78, 5) is 29.7. The van der Waals surface area contributed by atoms with Crippen molar-refractivity contribution in [3.05, 3.63) is 54.4 Å². The number of hydrogen-bond acceptors (Lipinski definition) is 3. The first-order valence-corrected chi connectivity index (χ1v) is 6.82. The maximum absolute atomic E-state index is 12.1. The molecule has 1 aromatic heterocycles. The van der Waals surface area contributed by atoms with E-state index in [4.69, 9.17) is 0 Å². The van der Waals surface area contributed by atoms with Crippen LogP contribution in [0.5, 0.6) is 0 Å². The SMILES string of the molecule is O=C(CN1C(=O)CCc2ccccc21)Nc1cccnc1. The molecule has 1 aromatic carbocycles. The van der Waals surface area contributed by atoms with Gasteiger partial charge in [0.1, 0.15) is 6.54 Å². The van der Waals surface area contributed by atoms with E-state index >= 15 is 0 Å². The van der Waals surface area contributed by atoms with Gasteiger partial charge in [-0.1, -0.05) is 18.2 Å². The number of fused-ring (bicyclic) bond motifs is 1. The van der Waals surface area contributed by atoms with Crippen LogP contribution >= 0.6 is 0 Å². The zero-order valence-corrected chi connectivity index (χ0v) is 11.5. The zero-order valence-electron chi connectivity index (χ0n) is 11.5. The second kappa shape index (κ2) is 5.75. The highest BCUT2D eigenvalue weighted by Crippen LogP contribution is 2.27. The average molecular weight is 281 g/mol. The summed E-state index contributed by atoms with van der Waals surface area (Å²) in [5.74, 6) is -0.247. The van der Waals surface area contributed by atoms with Crippen molar-refractivity contribution in [2.75, 3.05) is 16.8 Å². The topological polar surface area (TPSA) is 62.3 Å². The summed E-state index contributed by atoms with van der Waals surface area (Å²) in [6, 6.07) is 11.2. The molecule has 5 nitrogen and oxygen atoms in total. The highest BCUT2D eigenvalue weighted by molar-refractivity contribution is 6.04. The van der Waals surface area contributed by atoms with E-state index in [1.807, 2.05) is 24.3 Å². The maximum atomic E-state index is 12.1. The number of nitrogens with zero attached hydrogens (tertiary/aromatic N) is 2. The zero-order chi connectivity index (χ0) is 14.7. The minimum Gasteiger partial charge on any atom is -0.323 e. The van der Waals surface area contributed by atoms with Crippen molar-refractivity contribution in [1.29, 1.82) is 0 Å². The van der Waals surface area contributed by atoms with Crippen LogP contribution in [0.3, 0.4) is 0 Å². The Balaban J connectivity index is 1.75. The first kappa shape index (κ1) is 13.3. The number of rotatable bonds is 3. The van der Waals surface area contributed by atoms with Crippen LogP contribution in [0.25, 0.3) is 0 Å². The molecule has 2 aromatic rings. The molecule has 0 aliphatic carbocycles. The molecule has 1 aliphatic heterocycles. The number of pyridine rings is 1. The molecule has 21 heavy (non-hydrogen) atoms. The van der Waals surface area contributed by atoms with Gasteiger partial charge in [-0.2, -0.15) is 0 Å². The molecule has 1 aliphatic rings. The monoisotopic (exact) mass is 281 g/mol. The first-order valence-electron chi connectivity index (χ1n) is 6.82. The quantitative estimate of drug-likeness (QED) is 0.936. The lowest BCUT2D eigenvalue weighted by molar-refractivity contribution is -0.121. The second-order valence-corrected chi connectivity index (χ2v) is 4.90. The Morgan fingerprint density at radius 2 is 2.05 bits per heavy atom. The Hall–Kier alpha value is -2.69. The maximum Gasteiger partial charge on any atom is 0.244 e. The van der Waals surface area contributed by atoms with Gasteiger partial charge in [0.2, 0.25) is 11.8 Å². The van der Waals surface area contributed by atoms with E-state index in [9.17, 15) is 9.59 Å². The van der Waals surface area contributed by atoms with Gasteiger partial charge < -0.3 is 10.2 Å². The van der Waals surface area contributed by atoms with Crippen molar-refractivity contribution in [1.82, 2.24) is 4.98 Å². The Morgan fingerprint density at radius 3 is 2.86 bits per heavy atom. The molecule has 0 saturated carbocycles. The summed E-state index contributed by atoms with van der Waals surface area (Å²) in [6.07, 6.45) is 4.39. The van der Waals surface area contributed by atoms with E-state index in [-0.39, 0.29) is 18.4 Å². The van der Waals surface area contributed by atoms with Crippen LogP contribution in [-0.2, 0) is 16.0 Å². The van der Waals surface area contributed by atoms with Crippen LogP contribution in [-0.4, -0.2) is 23.3 Å². The highest BCUT2D eigenvalue weighted by Gasteiger charge is 2.25. The van der Waals surface area contributed by atoms with Crippen molar-refractivity contribution in [3.63, 3.8) is 0 Å². The first-order chi connectivity index (χ1) is 10.2. The third-order valence-corrected chi connectivity index (χ3v) is 3.44. The molecule has 106 valence electrons. The van der Waals surface area contributed by atoms with Crippen LogP contribution in [0.2, 0.25) is 0 Å². The lowest BCUT2D eigenvalue weighted by Gasteiger charge is -2.28. The van der Waals surface area contributed by atoms with Gasteiger partial charge in [0.15, 0.2) is 0 Å². The summed E-state index contributed by atoms with van der Waals surface area (Å²) in [5, 5.41) is 2.75. The average Bonchev–Trinajstić information content (AvgIpc) is 2.51. The molecule has 3 rings (SSSR count). The van der Waals surface area contributed by atoms with E-state index < -0.39 is 0 Å². The number of benzene rings is 1. The predicted molar refractivity (Wildman–Crippen MR) is 80.0 cm³/mol. The third kappa shape index (κ3) is 2.91. The number of hydrogen-bond donors (Lipinski definition) is 1. The van der Waals surface area contributed by atoms with E-state index in [2.05, 4.69) is 10.3 Å². The fraction of sp³-hybridized carbons (Fsp3) is 0.188. The van der Waals surface area contributed by atoms with Gasteiger partial charge in [-0.3, -0.25) is 14.6 Å². The Bertz CT molecular complexity index is 670. The molecule has 1 N–H and O–H groups in total. The summed E-state index contributed by atoms with van der Waals surface area (Å²) in [7, 11) is 0. The number of aryl methyl sites for hydroxylation is 1. The smallest absolute Gasteiger partial charge is 0.244 e. The molecule has 5 heteroatoms. The molecule has 0 bridgehead atoms. The lowest BCUT2D eigenvalue weighted by atomic mass is 10.0. The molecule has 0 atom stereocenters. The predicted octanol–water partition coefficient (Wildman–Crippen LogP) is 2.00. The van der Waals surface area contributed by atoms with E-state index in [1.165, 1.54) is 0 Å². The van der Waals surface area contributed by atoms with Crippen LogP contribution in [0.15, 0.2) is 48.8 Å². The number of para-hydroxylation sites is 1. The molecule has 0 unspecified atom stereocenters. The number of nitrogens with one attached hydrogen (secondary N) is 1. The Morgan fingerprint density at radius 1 is 1.19 bits per heavy atom. The van der Waals surface area contributed by atoms with Crippen LogP contribution in [0, 0.1) is 0 Å². The molecule has 2 heterocycles. The van der Waals surface area contributed by atoms with Crippen molar-refractivity contribution in [2.24, 2.45) is 0 Å². The van der Waals surface area contributed by atoms with E-state index in [0.717, 1.165) is 17.7 Å². The molecular weight excluding hydrogens is 266 g/mol. The van der Waals surface area contributed by atoms with Crippen molar-refractivity contribution in [3.8, 4) is 0 Å². The van der Waals surface area contributed by atoms with Gasteiger partial charge in [-0.05, 0) is 30.2 Å². The molecule has 0 fully saturated rings. The van der Waals surface area contributed by atoms with Crippen molar-refractivity contribution < 1.29 is 9.59 Å². The van der Waals surface area contributed by atoms with Crippen molar-refractivity contribution in [2.45, 2.75) is 12.8 Å². The molecule has 0 radical (unpaired) electrons. The Kier molecular flexibility index (Phi) is 3.64.